The van der Waals surface area contributed by atoms with Gasteiger partial charge in [0.05, 0.1) is 11.2 Å². The van der Waals surface area contributed by atoms with Crippen molar-refractivity contribution < 1.29 is 0 Å². The van der Waals surface area contributed by atoms with E-state index in [0.29, 0.717) is 0 Å². The molecule has 0 bridgehead atoms. The summed E-state index contributed by atoms with van der Waals surface area (Å²) < 4.78 is 1.91. The molecule has 3 aromatic heterocycles. The second-order valence-electron chi connectivity index (χ2n) is 4.50. The van der Waals surface area contributed by atoms with Crippen LogP contribution in [0.15, 0.2) is 35.6 Å². The second kappa shape index (κ2) is 4.64. The Morgan fingerprint density at radius 2 is 2.25 bits per heavy atom. The first-order valence-electron chi connectivity index (χ1n) is 6.37. The predicted molar refractivity (Wildman–Crippen MR) is 77.6 cm³/mol. The predicted octanol–water partition coefficient (Wildman–Crippen LogP) is 2.75. The van der Waals surface area contributed by atoms with Crippen LogP contribution in [0.1, 0.15) is 17.7 Å². The molecule has 5 nitrogen and oxygen atoms in total. The Morgan fingerprint density at radius 1 is 1.25 bits per heavy atom. The van der Waals surface area contributed by atoms with Gasteiger partial charge in [-0.05, 0) is 12.8 Å². The van der Waals surface area contributed by atoms with E-state index in [9.17, 15) is 0 Å². The van der Waals surface area contributed by atoms with E-state index in [4.69, 9.17) is 5.10 Å². The average Bonchev–Trinajstić information content (AvgIpc) is 3.15. The summed E-state index contributed by atoms with van der Waals surface area (Å²) in [5.41, 5.74) is 6.02. The Labute approximate surface area is 119 Å². The minimum Gasteiger partial charge on any atom is -0.245 e. The topological polar surface area (TPSA) is 56.5 Å². The molecular formula is C14H11N5S. The SMILES string of the molecule is C1=Cc2c(-c3cscn3)nn(-c3ccncn3)c2CC1. The van der Waals surface area contributed by atoms with E-state index in [1.165, 1.54) is 5.69 Å². The smallest absolute Gasteiger partial charge is 0.157 e. The molecule has 0 amide bonds. The zero-order valence-electron chi connectivity index (χ0n) is 10.6. The van der Waals surface area contributed by atoms with E-state index in [-0.39, 0.29) is 0 Å². The number of fused-ring (bicyclic) bond motifs is 1. The van der Waals surface area contributed by atoms with Gasteiger partial charge >= 0.3 is 0 Å². The molecule has 98 valence electrons. The fraction of sp³-hybridized carbons (Fsp3) is 0.143. The molecule has 20 heavy (non-hydrogen) atoms. The van der Waals surface area contributed by atoms with Gasteiger partial charge in [-0.2, -0.15) is 5.10 Å². The highest BCUT2D eigenvalue weighted by atomic mass is 32.1. The van der Waals surface area contributed by atoms with Gasteiger partial charge in [-0.15, -0.1) is 11.3 Å². The van der Waals surface area contributed by atoms with E-state index in [1.54, 1.807) is 23.9 Å². The lowest BCUT2D eigenvalue weighted by atomic mass is 10.0. The molecule has 3 heterocycles. The van der Waals surface area contributed by atoms with Gasteiger partial charge in [0.1, 0.15) is 17.7 Å². The normalized spacial score (nSPS) is 13.4. The lowest BCUT2D eigenvalue weighted by Gasteiger charge is -2.08. The maximum Gasteiger partial charge on any atom is 0.157 e. The van der Waals surface area contributed by atoms with E-state index >= 15 is 0 Å². The van der Waals surface area contributed by atoms with E-state index in [1.807, 2.05) is 21.6 Å². The quantitative estimate of drug-likeness (QED) is 0.724. The van der Waals surface area contributed by atoms with Gasteiger partial charge in [0.2, 0.25) is 0 Å². The molecule has 0 spiro atoms. The monoisotopic (exact) mass is 281 g/mol. The van der Waals surface area contributed by atoms with Crippen LogP contribution in [0.25, 0.3) is 23.3 Å². The third-order valence-corrected chi connectivity index (χ3v) is 3.90. The highest BCUT2D eigenvalue weighted by molar-refractivity contribution is 7.07. The average molecular weight is 281 g/mol. The van der Waals surface area contributed by atoms with Crippen LogP contribution in [-0.4, -0.2) is 24.7 Å². The molecule has 0 N–H and O–H groups in total. The van der Waals surface area contributed by atoms with Gasteiger partial charge in [-0.1, -0.05) is 12.2 Å². The maximum absolute atomic E-state index is 4.72. The molecule has 0 radical (unpaired) electrons. The molecule has 0 aliphatic heterocycles. The van der Waals surface area contributed by atoms with Crippen LogP contribution in [0.4, 0.5) is 0 Å². The molecule has 0 saturated carbocycles. The molecule has 0 saturated heterocycles. The number of nitrogens with zero attached hydrogens (tertiary/aromatic N) is 5. The first kappa shape index (κ1) is 11.5. The van der Waals surface area contributed by atoms with Crippen molar-refractivity contribution in [3.8, 4) is 17.2 Å². The standard InChI is InChI=1S/C14H11N5S/c1-2-4-12-10(3-1)14(11-7-20-9-17-11)18-19(12)13-5-6-15-8-16-13/h1,3,5-9H,2,4H2. The summed E-state index contributed by atoms with van der Waals surface area (Å²) in [6, 6.07) is 1.87. The van der Waals surface area contributed by atoms with Gasteiger partial charge < -0.3 is 0 Å². The summed E-state index contributed by atoms with van der Waals surface area (Å²) >= 11 is 1.58. The van der Waals surface area contributed by atoms with Crippen molar-refractivity contribution in [3.63, 3.8) is 0 Å². The van der Waals surface area contributed by atoms with Gasteiger partial charge in [0.15, 0.2) is 5.82 Å². The Kier molecular flexibility index (Phi) is 2.67. The van der Waals surface area contributed by atoms with Crippen LogP contribution in [-0.2, 0) is 6.42 Å². The lowest BCUT2D eigenvalue weighted by Crippen LogP contribution is -2.06. The first-order chi connectivity index (χ1) is 9.93. The molecule has 3 aromatic rings. The largest absolute Gasteiger partial charge is 0.245 e. The first-order valence-corrected chi connectivity index (χ1v) is 7.31. The lowest BCUT2D eigenvalue weighted by molar-refractivity contribution is 0.767. The molecule has 0 unspecified atom stereocenters. The van der Waals surface area contributed by atoms with E-state index in [0.717, 1.165) is 35.6 Å². The molecule has 6 heteroatoms. The zero-order valence-corrected chi connectivity index (χ0v) is 11.4. The molecule has 0 atom stereocenters. The van der Waals surface area contributed by atoms with E-state index < -0.39 is 0 Å². The van der Waals surface area contributed by atoms with Gasteiger partial charge in [-0.25, -0.2) is 19.6 Å². The molecule has 1 aliphatic rings. The Morgan fingerprint density at radius 3 is 3.05 bits per heavy atom. The van der Waals surface area contributed by atoms with Crippen LogP contribution < -0.4 is 0 Å². The van der Waals surface area contributed by atoms with Crippen LogP contribution in [0.5, 0.6) is 0 Å². The molecule has 0 aromatic carbocycles. The van der Waals surface area contributed by atoms with Crippen LogP contribution >= 0.6 is 11.3 Å². The molecule has 0 fully saturated rings. The Bertz CT molecular complexity index is 758. The van der Waals surface area contributed by atoms with Crippen molar-refractivity contribution in [3.05, 3.63) is 46.8 Å². The third-order valence-electron chi connectivity index (χ3n) is 3.31. The van der Waals surface area contributed by atoms with Crippen LogP contribution in [0, 0.1) is 0 Å². The van der Waals surface area contributed by atoms with Gasteiger partial charge in [-0.3, -0.25) is 0 Å². The Hall–Kier alpha value is -2.34. The zero-order chi connectivity index (χ0) is 13.4. The van der Waals surface area contributed by atoms with Crippen molar-refractivity contribution in [2.24, 2.45) is 0 Å². The second-order valence-corrected chi connectivity index (χ2v) is 5.22. The van der Waals surface area contributed by atoms with Crippen molar-refractivity contribution in [2.45, 2.75) is 12.8 Å². The summed E-state index contributed by atoms with van der Waals surface area (Å²) in [4.78, 5) is 12.6. The van der Waals surface area contributed by atoms with Gasteiger partial charge in [0.25, 0.3) is 0 Å². The number of aromatic nitrogens is 5. The number of rotatable bonds is 2. The summed E-state index contributed by atoms with van der Waals surface area (Å²) in [7, 11) is 0. The summed E-state index contributed by atoms with van der Waals surface area (Å²) in [6.07, 6.45) is 9.60. The fourth-order valence-electron chi connectivity index (χ4n) is 2.42. The highest BCUT2D eigenvalue weighted by Crippen LogP contribution is 2.31. The summed E-state index contributed by atoms with van der Waals surface area (Å²) in [5.74, 6) is 0.799. The van der Waals surface area contributed by atoms with Crippen LogP contribution in [0.2, 0.25) is 0 Å². The van der Waals surface area contributed by atoms with Crippen molar-refractivity contribution in [1.82, 2.24) is 24.7 Å². The van der Waals surface area contributed by atoms with Gasteiger partial charge in [0, 0.05) is 23.2 Å². The minimum atomic E-state index is 0.799. The van der Waals surface area contributed by atoms with Crippen molar-refractivity contribution in [1.29, 1.82) is 0 Å². The number of hydrogen-bond acceptors (Lipinski definition) is 5. The number of hydrogen-bond donors (Lipinski definition) is 0. The summed E-state index contributed by atoms with van der Waals surface area (Å²) in [6.45, 7) is 0. The number of thiazole rings is 1. The van der Waals surface area contributed by atoms with Crippen molar-refractivity contribution >= 4 is 17.4 Å². The third kappa shape index (κ3) is 1.77. The minimum absolute atomic E-state index is 0.799. The van der Waals surface area contributed by atoms with Crippen LogP contribution in [0.3, 0.4) is 0 Å². The fourth-order valence-corrected chi connectivity index (χ4v) is 2.96. The van der Waals surface area contributed by atoms with E-state index in [2.05, 4.69) is 27.1 Å². The Balaban J connectivity index is 1.95. The molecule has 1 aliphatic carbocycles. The number of allylic oxidation sites excluding steroid dienone is 1. The van der Waals surface area contributed by atoms with Crippen molar-refractivity contribution in [2.75, 3.05) is 0 Å². The molecular weight excluding hydrogens is 270 g/mol. The maximum atomic E-state index is 4.72. The summed E-state index contributed by atoms with van der Waals surface area (Å²) in [5, 5.41) is 6.75. The molecule has 4 rings (SSSR count). The highest BCUT2D eigenvalue weighted by Gasteiger charge is 2.21.